The summed E-state index contributed by atoms with van der Waals surface area (Å²) in [5.74, 6) is -0.627. The highest BCUT2D eigenvalue weighted by molar-refractivity contribution is 6.72. The lowest BCUT2D eigenvalue weighted by Gasteiger charge is -2.31. The number of hydrogen-bond donors (Lipinski definition) is 1. The number of nitrogens with zero attached hydrogens (tertiary/aromatic N) is 3. The highest BCUT2D eigenvalue weighted by Gasteiger charge is 2.66. The van der Waals surface area contributed by atoms with Crippen molar-refractivity contribution in [2.24, 2.45) is 5.92 Å². The van der Waals surface area contributed by atoms with Crippen molar-refractivity contribution in [1.29, 1.82) is 0 Å². The van der Waals surface area contributed by atoms with E-state index in [-0.39, 0.29) is 31.0 Å². The lowest BCUT2D eigenvalue weighted by atomic mass is 9.82. The summed E-state index contributed by atoms with van der Waals surface area (Å²) in [6.45, 7) is 5.32. The van der Waals surface area contributed by atoms with Gasteiger partial charge >= 0.3 is 0 Å². The molecular weight excluding hydrogens is 525 g/mol. The zero-order chi connectivity index (χ0) is 28.2. The number of aromatic nitrogens is 2. The van der Waals surface area contributed by atoms with E-state index in [0.29, 0.717) is 11.1 Å². The number of amides is 1. The fraction of sp³-hybridized carbons (Fsp3) is 0.323. The topological polar surface area (TPSA) is 84.7 Å². The first-order chi connectivity index (χ1) is 19.2. The average molecular weight is 558 g/mol. The standard InChI is InChI=1S/C31H32FN3O4Si/c1-20-28(40(2,3)32)27(15-16-36)39-31(20)25-13-6-7-14-26(25)34(30(31)38)19-21-9-8-11-23(17-21)35-29(37)24-12-5-4-10-22(24)18-33-35/h4-14,17-18,20,27-28,36H,15-16,19H2,1-3H3/t20-,27+,28-,31+/m1/s1. The van der Waals surface area contributed by atoms with Gasteiger partial charge in [0, 0.05) is 29.0 Å². The number of para-hydroxylation sites is 1. The predicted molar refractivity (Wildman–Crippen MR) is 155 cm³/mol. The predicted octanol–water partition coefficient (Wildman–Crippen LogP) is 5.09. The molecule has 2 aliphatic rings. The van der Waals surface area contributed by atoms with Crippen LogP contribution in [0.2, 0.25) is 18.6 Å². The molecule has 7 nitrogen and oxygen atoms in total. The first kappa shape index (κ1) is 26.6. The molecule has 1 N–H and O–H groups in total. The minimum atomic E-state index is -3.24. The highest BCUT2D eigenvalue weighted by Crippen LogP contribution is 2.60. The van der Waals surface area contributed by atoms with Crippen molar-refractivity contribution in [3.8, 4) is 5.69 Å². The molecule has 0 unspecified atom stereocenters. The van der Waals surface area contributed by atoms with Crippen LogP contribution in [0, 0.1) is 5.92 Å². The molecule has 1 amide bonds. The second-order valence-electron chi connectivity index (χ2n) is 11.3. The maximum Gasteiger partial charge on any atom is 0.279 e. The first-order valence-electron chi connectivity index (χ1n) is 13.6. The van der Waals surface area contributed by atoms with Gasteiger partial charge in [0.05, 0.1) is 35.6 Å². The molecule has 0 aliphatic carbocycles. The van der Waals surface area contributed by atoms with E-state index in [2.05, 4.69) is 5.10 Å². The van der Waals surface area contributed by atoms with E-state index < -0.39 is 31.6 Å². The van der Waals surface area contributed by atoms with Crippen LogP contribution in [0.4, 0.5) is 9.80 Å². The summed E-state index contributed by atoms with van der Waals surface area (Å²) < 4.78 is 23.6. The minimum Gasteiger partial charge on any atom is -0.396 e. The summed E-state index contributed by atoms with van der Waals surface area (Å²) in [6.07, 6.45) is 1.40. The van der Waals surface area contributed by atoms with Crippen LogP contribution in [0.25, 0.3) is 16.5 Å². The molecule has 1 saturated heterocycles. The number of anilines is 1. The lowest BCUT2D eigenvalue weighted by Crippen LogP contribution is -2.45. The van der Waals surface area contributed by atoms with Crippen LogP contribution in [0.15, 0.2) is 83.8 Å². The molecule has 3 aromatic carbocycles. The highest BCUT2D eigenvalue weighted by atomic mass is 28.4. The molecule has 9 heteroatoms. The summed E-state index contributed by atoms with van der Waals surface area (Å²) in [7, 11) is -3.24. The van der Waals surface area contributed by atoms with Crippen molar-refractivity contribution >= 4 is 30.8 Å². The Morgan fingerprint density at radius 3 is 2.58 bits per heavy atom. The van der Waals surface area contributed by atoms with E-state index in [0.717, 1.165) is 22.2 Å². The van der Waals surface area contributed by atoms with Gasteiger partial charge in [-0.2, -0.15) is 9.78 Å². The van der Waals surface area contributed by atoms with Gasteiger partial charge in [-0.1, -0.05) is 55.5 Å². The molecule has 4 aromatic rings. The van der Waals surface area contributed by atoms with E-state index >= 15 is 4.11 Å². The molecule has 3 heterocycles. The zero-order valence-electron chi connectivity index (χ0n) is 22.8. The van der Waals surface area contributed by atoms with E-state index in [1.54, 1.807) is 30.3 Å². The Kier molecular flexibility index (Phi) is 6.48. The molecule has 40 heavy (non-hydrogen) atoms. The first-order valence-corrected chi connectivity index (χ1v) is 16.6. The van der Waals surface area contributed by atoms with Crippen LogP contribution in [0.1, 0.15) is 24.5 Å². The molecule has 6 rings (SSSR count). The number of halogens is 1. The minimum absolute atomic E-state index is 0.136. The van der Waals surface area contributed by atoms with Crippen LogP contribution >= 0.6 is 0 Å². The number of aliphatic hydroxyl groups is 1. The largest absolute Gasteiger partial charge is 0.396 e. The van der Waals surface area contributed by atoms with Gasteiger partial charge in [-0.15, -0.1) is 0 Å². The molecule has 1 aromatic heterocycles. The number of rotatable bonds is 6. The summed E-state index contributed by atoms with van der Waals surface area (Å²) in [4.78, 5) is 29.2. The monoisotopic (exact) mass is 557 g/mol. The number of carbonyl (C=O) groups is 1. The average Bonchev–Trinajstić information content (AvgIpc) is 3.36. The Morgan fingerprint density at radius 1 is 1.05 bits per heavy atom. The summed E-state index contributed by atoms with van der Waals surface area (Å²) >= 11 is 0. The van der Waals surface area contributed by atoms with Crippen LogP contribution in [0.5, 0.6) is 0 Å². The smallest absolute Gasteiger partial charge is 0.279 e. The Labute approximate surface area is 233 Å². The van der Waals surface area contributed by atoms with E-state index in [1.807, 2.05) is 73.7 Å². The van der Waals surface area contributed by atoms with E-state index in [4.69, 9.17) is 4.74 Å². The third-order valence-corrected chi connectivity index (χ3v) is 10.9. The SMILES string of the molecule is C[C@@H]1[C@@H]([Si](C)(C)F)[C@H](CCO)O[C@@]12C(=O)N(Cc1cccc(-n3ncc4ccccc4c3=O)c1)c1ccccc12. The van der Waals surface area contributed by atoms with Crippen LogP contribution in [-0.2, 0) is 21.7 Å². The molecule has 1 spiro atoms. The Hall–Kier alpha value is -3.66. The van der Waals surface area contributed by atoms with Crippen molar-refractivity contribution in [3.05, 3.63) is 100 Å². The normalized spacial score (nSPS) is 24.3. The van der Waals surface area contributed by atoms with Crippen molar-refractivity contribution in [2.75, 3.05) is 11.5 Å². The van der Waals surface area contributed by atoms with Crippen LogP contribution < -0.4 is 10.5 Å². The molecule has 0 radical (unpaired) electrons. The second kappa shape index (κ2) is 9.76. The van der Waals surface area contributed by atoms with E-state index in [9.17, 15) is 14.7 Å². The van der Waals surface area contributed by atoms with Gasteiger partial charge < -0.3 is 18.9 Å². The summed E-state index contributed by atoms with van der Waals surface area (Å²) in [5.41, 5.74) is 0.906. The summed E-state index contributed by atoms with van der Waals surface area (Å²) in [5, 5.41) is 15.4. The van der Waals surface area contributed by atoms with Gasteiger partial charge in [-0.3, -0.25) is 9.59 Å². The van der Waals surface area contributed by atoms with Gasteiger partial charge in [-0.25, -0.2) is 0 Å². The number of fused-ring (bicyclic) bond motifs is 3. The van der Waals surface area contributed by atoms with Crippen molar-refractivity contribution in [1.82, 2.24) is 9.78 Å². The molecule has 0 bridgehead atoms. The fourth-order valence-corrected chi connectivity index (χ4v) is 9.34. The molecule has 2 aliphatic heterocycles. The van der Waals surface area contributed by atoms with E-state index in [1.165, 1.54) is 4.68 Å². The van der Waals surface area contributed by atoms with Gasteiger partial charge in [0.25, 0.3) is 11.5 Å². The molecular formula is C31H32FN3O4Si. The number of ether oxygens (including phenoxy) is 1. The summed E-state index contributed by atoms with van der Waals surface area (Å²) in [6, 6.07) is 22.3. The van der Waals surface area contributed by atoms with Crippen molar-refractivity contribution in [3.63, 3.8) is 0 Å². The molecule has 4 atom stereocenters. The van der Waals surface area contributed by atoms with Gasteiger partial charge in [0.15, 0.2) is 5.60 Å². The maximum atomic E-state index is 15.7. The number of hydrogen-bond acceptors (Lipinski definition) is 5. The maximum absolute atomic E-state index is 15.7. The Balaban J connectivity index is 1.38. The Bertz CT molecular complexity index is 1670. The van der Waals surface area contributed by atoms with Crippen LogP contribution in [0.3, 0.4) is 0 Å². The number of benzene rings is 3. The zero-order valence-corrected chi connectivity index (χ0v) is 23.8. The van der Waals surface area contributed by atoms with Gasteiger partial charge in [0.2, 0.25) is 8.41 Å². The molecule has 1 fully saturated rings. The molecule has 206 valence electrons. The Morgan fingerprint density at radius 2 is 1.80 bits per heavy atom. The fourth-order valence-electron chi connectivity index (χ4n) is 6.80. The quantitative estimate of drug-likeness (QED) is 0.264. The number of carbonyl (C=O) groups excluding carboxylic acids is 1. The lowest BCUT2D eigenvalue weighted by molar-refractivity contribution is -0.146. The second-order valence-corrected chi connectivity index (χ2v) is 15.1. The van der Waals surface area contributed by atoms with Crippen molar-refractivity contribution < 1.29 is 18.7 Å². The van der Waals surface area contributed by atoms with Gasteiger partial charge in [-0.05, 0) is 49.3 Å². The van der Waals surface area contributed by atoms with Crippen LogP contribution in [-0.4, -0.2) is 41.9 Å². The third kappa shape index (κ3) is 4.03. The molecule has 0 saturated carbocycles. The number of aliphatic hydroxyl groups excluding tert-OH is 1. The van der Waals surface area contributed by atoms with Gasteiger partial charge in [0.1, 0.15) is 0 Å². The van der Waals surface area contributed by atoms with Crippen molar-refractivity contribution in [2.45, 2.75) is 50.2 Å². The third-order valence-electron chi connectivity index (χ3n) is 8.47.